The summed E-state index contributed by atoms with van der Waals surface area (Å²) in [6.07, 6.45) is -1.08. The van der Waals surface area contributed by atoms with Crippen LogP contribution in [-0.2, 0) is 9.84 Å². The van der Waals surface area contributed by atoms with Crippen LogP contribution in [0, 0.1) is 11.6 Å². The summed E-state index contributed by atoms with van der Waals surface area (Å²) in [6.45, 7) is 0. The summed E-state index contributed by atoms with van der Waals surface area (Å²) in [5, 5.41) is 12.1. The molecule has 2 rings (SSSR count). The maximum atomic E-state index is 13.3. The van der Waals surface area contributed by atoms with E-state index in [0.717, 1.165) is 6.07 Å². The predicted octanol–water partition coefficient (Wildman–Crippen LogP) is 0.535. The van der Waals surface area contributed by atoms with Gasteiger partial charge in [0.2, 0.25) is 0 Å². The lowest BCUT2D eigenvalue weighted by Gasteiger charge is -2.16. The van der Waals surface area contributed by atoms with Gasteiger partial charge in [-0.1, -0.05) is 0 Å². The molecular formula is C10H11F2NO3S. The Morgan fingerprint density at radius 1 is 1.29 bits per heavy atom. The van der Waals surface area contributed by atoms with Gasteiger partial charge in [-0.2, -0.15) is 0 Å². The van der Waals surface area contributed by atoms with Crippen LogP contribution in [0.2, 0.25) is 0 Å². The molecule has 0 bridgehead atoms. The van der Waals surface area contributed by atoms with Gasteiger partial charge in [-0.25, -0.2) is 17.2 Å². The molecule has 1 aliphatic rings. The average molecular weight is 263 g/mol. The first-order chi connectivity index (χ1) is 7.87. The Morgan fingerprint density at radius 3 is 2.53 bits per heavy atom. The first-order valence-electron chi connectivity index (χ1n) is 4.97. The molecule has 4 nitrogen and oxygen atoms in total. The van der Waals surface area contributed by atoms with Gasteiger partial charge in [0.25, 0.3) is 0 Å². The van der Waals surface area contributed by atoms with Crippen molar-refractivity contribution in [1.82, 2.24) is 0 Å². The third kappa shape index (κ3) is 2.73. The fourth-order valence-electron chi connectivity index (χ4n) is 1.77. The van der Waals surface area contributed by atoms with Crippen LogP contribution in [0.3, 0.4) is 0 Å². The van der Waals surface area contributed by atoms with E-state index in [1.807, 2.05) is 0 Å². The molecule has 0 unspecified atom stereocenters. The minimum absolute atomic E-state index is 0.0208. The lowest BCUT2D eigenvalue weighted by molar-refractivity contribution is 0.190. The van der Waals surface area contributed by atoms with Crippen molar-refractivity contribution in [2.45, 2.75) is 12.1 Å². The van der Waals surface area contributed by atoms with Crippen LogP contribution < -0.4 is 5.32 Å². The smallest absolute Gasteiger partial charge is 0.155 e. The van der Waals surface area contributed by atoms with Gasteiger partial charge in [-0.3, -0.25) is 0 Å². The predicted molar refractivity (Wildman–Crippen MR) is 58.4 cm³/mol. The largest absolute Gasteiger partial charge is 0.390 e. The van der Waals surface area contributed by atoms with Crippen molar-refractivity contribution in [2.24, 2.45) is 0 Å². The van der Waals surface area contributed by atoms with Crippen LogP contribution in [0.4, 0.5) is 14.5 Å². The zero-order valence-corrected chi connectivity index (χ0v) is 9.55. The fourth-order valence-corrected chi connectivity index (χ4v) is 3.51. The number of aliphatic hydroxyl groups excluding tert-OH is 1. The van der Waals surface area contributed by atoms with Crippen LogP contribution in [-0.4, -0.2) is 37.2 Å². The van der Waals surface area contributed by atoms with E-state index in [2.05, 4.69) is 5.32 Å². The van der Waals surface area contributed by atoms with E-state index < -0.39 is 33.6 Å². The lowest BCUT2D eigenvalue weighted by Crippen LogP contribution is -2.32. The van der Waals surface area contributed by atoms with Gasteiger partial charge in [0.05, 0.1) is 29.3 Å². The molecule has 2 N–H and O–H groups in total. The number of aliphatic hydroxyl groups is 1. The van der Waals surface area contributed by atoms with Crippen LogP contribution >= 0.6 is 0 Å². The quantitative estimate of drug-likeness (QED) is 0.817. The fraction of sp³-hybridized carbons (Fsp3) is 0.400. The molecule has 1 aliphatic heterocycles. The minimum atomic E-state index is -3.29. The highest BCUT2D eigenvalue weighted by molar-refractivity contribution is 7.91. The van der Waals surface area contributed by atoms with Crippen molar-refractivity contribution in [1.29, 1.82) is 0 Å². The first kappa shape index (κ1) is 12.3. The lowest BCUT2D eigenvalue weighted by atomic mass is 10.2. The van der Waals surface area contributed by atoms with E-state index >= 15 is 0 Å². The molecule has 0 amide bonds. The zero-order valence-electron chi connectivity index (χ0n) is 8.73. The number of rotatable bonds is 2. The van der Waals surface area contributed by atoms with Crippen molar-refractivity contribution in [3.63, 3.8) is 0 Å². The summed E-state index contributed by atoms with van der Waals surface area (Å²) >= 11 is 0. The number of benzene rings is 1. The van der Waals surface area contributed by atoms with Crippen LogP contribution in [0.25, 0.3) is 0 Å². The van der Waals surface area contributed by atoms with E-state index in [1.54, 1.807) is 0 Å². The number of hydrogen-bond donors (Lipinski definition) is 2. The van der Waals surface area contributed by atoms with Gasteiger partial charge in [0.1, 0.15) is 11.6 Å². The van der Waals surface area contributed by atoms with Crippen molar-refractivity contribution in [3.8, 4) is 0 Å². The van der Waals surface area contributed by atoms with Crippen molar-refractivity contribution in [3.05, 3.63) is 29.8 Å². The van der Waals surface area contributed by atoms with Crippen molar-refractivity contribution in [2.75, 3.05) is 16.8 Å². The van der Waals surface area contributed by atoms with E-state index in [-0.39, 0.29) is 17.2 Å². The topological polar surface area (TPSA) is 66.4 Å². The molecule has 94 valence electrons. The first-order valence-corrected chi connectivity index (χ1v) is 6.79. The highest BCUT2D eigenvalue weighted by Gasteiger charge is 2.36. The van der Waals surface area contributed by atoms with Gasteiger partial charge in [0.15, 0.2) is 9.84 Å². The Labute approximate surface area is 97.2 Å². The molecule has 0 saturated carbocycles. The molecule has 1 saturated heterocycles. The third-order valence-corrected chi connectivity index (χ3v) is 4.31. The number of hydrogen-bond acceptors (Lipinski definition) is 4. The molecule has 0 radical (unpaired) electrons. The van der Waals surface area contributed by atoms with E-state index in [0.29, 0.717) is 6.07 Å². The van der Waals surface area contributed by atoms with E-state index in [1.165, 1.54) is 6.07 Å². The average Bonchev–Trinajstić information content (AvgIpc) is 2.44. The number of nitrogens with one attached hydrogen (secondary N) is 1. The monoisotopic (exact) mass is 263 g/mol. The Hall–Kier alpha value is -1.21. The molecule has 1 aromatic rings. The van der Waals surface area contributed by atoms with Crippen molar-refractivity contribution < 1.29 is 22.3 Å². The molecule has 7 heteroatoms. The van der Waals surface area contributed by atoms with E-state index in [9.17, 15) is 22.3 Å². The number of halogens is 2. The summed E-state index contributed by atoms with van der Waals surface area (Å²) in [5.41, 5.74) is -0.0208. The zero-order chi connectivity index (χ0) is 12.6. The molecule has 0 spiro atoms. The van der Waals surface area contributed by atoms with Gasteiger partial charge in [0, 0.05) is 6.07 Å². The molecule has 17 heavy (non-hydrogen) atoms. The highest BCUT2D eigenvalue weighted by atomic mass is 32.2. The summed E-state index contributed by atoms with van der Waals surface area (Å²) in [4.78, 5) is 0. The molecule has 1 fully saturated rings. The number of sulfone groups is 1. The van der Waals surface area contributed by atoms with Gasteiger partial charge in [-0.15, -0.1) is 0 Å². The molecular weight excluding hydrogens is 252 g/mol. The second-order valence-corrected chi connectivity index (χ2v) is 6.17. The Balaban J connectivity index is 2.17. The highest BCUT2D eigenvalue weighted by Crippen LogP contribution is 2.21. The molecule has 1 heterocycles. The summed E-state index contributed by atoms with van der Waals surface area (Å²) in [6, 6.07) is 2.15. The van der Waals surface area contributed by atoms with Crippen LogP contribution in [0.5, 0.6) is 0 Å². The standard InChI is InChI=1S/C10H11F2NO3S/c11-6-1-2-8(7(12)3-6)13-9-4-17(15,16)5-10(9)14/h1-3,9-10,13-14H,4-5H2/t9-,10-/m1/s1. The summed E-state index contributed by atoms with van der Waals surface area (Å²) in [5.74, 6) is -2.13. The normalized spacial score (nSPS) is 27.0. The van der Waals surface area contributed by atoms with Gasteiger partial charge in [-0.05, 0) is 12.1 Å². The maximum Gasteiger partial charge on any atom is 0.155 e. The second kappa shape index (κ2) is 4.23. The Morgan fingerprint density at radius 2 is 2.00 bits per heavy atom. The molecule has 2 atom stereocenters. The van der Waals surface area contributed by atoms with Crippen LogP contribution in [0.1, 0.15) is 0 Å². The Bertz CT molecular complexity index is 532. The van der Waals surface area contributed by atoms with Crippen LogP contribution in [0.15, 0.2) is 18.2 Å². The molecule has 0 aliphatic carbocycles. The van der Waals surface area contributed by atoms with E-state index in [4.69, 9.17) is 0 Å². The van der Waals surface area contributed by atoms with Crippen molar-refractivity contribution >= 4 is 15.5 Å². The second-order valence-electron chi connectivity index (χ2n) is 4.02. The summed E-state index contributed by atoms with van der Waals surface area (Å²) < 4.78 is 48.4. The molecule has 0 aromatic heterocycles. The summed E-state index contributed by atoms with van der Waals surface area (Å²) in [7, 11) is -3.29. The minimum Gasteiger partial charge on any atom is -0.390 e. The molecule has 1 aromatic carbocycles. The number of anilines is 1. The third-order valence-electron chi connectivity index (χ3n) is 2.59. The SMILES string of the molecule is O=S1(=O)C[C@@H](O)[C@H](Nc2ccc(F)cc2F)C1. The van der Waals surface area contributed by atoms with Gasteiger partial charge >= 0.3 is 0 Å². The van der Waals surface area contributed by atoms with Gasteiger partial charge < -0.3 is 10.4 Å². The Kier molecular flexibility index (Phi) is 3.05. The maximum absolute atomic E-state index is 13.3.